The number of aliphatic hydroxyl groups excluding tert-OH is 1. The first kappa shape index (κ1) is 16.8. The van der Waals surface area contributed by atoms with Crippen molar-refractivity contribution in [1.29, 1.82) is 0 Å². The Kier molecular flexibility index (Phi) is 3.34. The third kappa shape index (κ3) is 1.65. The molecule has 0 aromatic carbocycles. The highest BCUT2D eigenvalue weighted by Crippen LogP contribution is 2.77. The molecule has 0 aromatic rings. The van der Waals surface area contributed by atoms with Gasteiger partial charge in [0.2, 0.25) is 0 Å². The first-order valence-electron chi connectivity index (χ1n) is 9.76. The molecule has 1 aliphatic heterocycles. The van der Waals surface area contributed by atoms with Gasteiger partial charge < -0.3 is 14.9 Å². The van der Waals surface area contributed by atoms with Gasteiger partial charge in [-0.15, -0.1) is 0 Å². The zero-order valence-corrected chi connectivity index (χ0v) is 15.5. The summed E-state index contributed by atoms with van der Waals surface area (Å²) in [5.74, 6) is 0.252. The number of carboxylic acids is 1. The number of hydrogen-bond acceptors (Lipinski definition) is 3. The average Bonchev–Trinajstić information content (AvgIpc) is 3.20. The first-order valence-corrected chi connectivity index (χ1v) is 9.76. The Morgan fingerprint density at radius 1 is 1.12 bits per heavy atom. The lowest BCUT2D eigenvalue weighted by molar-refractivity contribution is -0.168. The highest BCUT2D eigenvalue weighted by Gasteiger charge is 2.85. The smallest absolute Gasteiger partial charge is 0.309 e. The second-order valence-corrected chi connectivity index (χ2v) is 9.79. The van der Waals surface area contributed by atoms with Gasteiger partial charge >= 0.3 is 5.97 Å². The van der Waals surface area contributed by atoms with Gasteiger partial charge in [-0.25, -0.2) is 0 Å². The van der Waals surface area contributed by atoms with E-state index < -0.39 is 23.1 Å². The second-order valence-electron chi connectivity index (χ2n) is 9.79. The first-order chi connectivity index (χ1) is 11.1. The number of ether oxygens (including phenoxy) is 1. The maximum Gasteiger partial charge on any atom is 0.309 e. The van der Waals surface area contributed by atoms with Gasteiger partial charge in [-0.1, -0.05) is 27.2 Å². The predicted molar refractivity (Wildman–Crippen MR) is 90.5 cm³/mol. The van der Waals surface area contributed by atoms with Crippen LogP contribution in [0.25, 0.3) is 0 Å². The van der Waals surface area contributed by atoms with Crippen molar-refractivity contribution in [1.82, 2.24) is 0 Å². The zero-order chi connectivity index (χ0) is 17.5. The molecule has 0 radical (unpaired) electrons. The van der Waals surface area contributed by atoms with Crippen LogP contribution in [0.2, 0.25) is 0 Å². The third-order valence-corrected chi connectivity index (χ3v) is 8.71. The Morgan fingerprint density at radius 3 is 2.46 bits per heavy atom. The molecule has 3 saturated carbocycles. The normalized spacial score (nSPS) is 56.2. The van der Waals surface area contributed by atoms with Crippen LogP contribution in [0.4, 0.5) is 0 Å². The minimum absolute atomic E-state index is 0.125. The van der Waals surface area contributed by atoms with E-state index in [0.29, 0.717) is 11.8 Å². The Morgan fingerprint density at radius 2 is 1.83 bits per heavy atom. The molecule has 4 heteroatoms. The van der Waals surface area contributed by atoms with Crippen molar-refractivity contribution in [2.24, 2.45) is 28.6 Å². The molecule has 7 atom stereocenters. The molecule has 3 aliphatic carbocycles. The van der Waals surface area contributed by atoms with Crippen LogP contribution < -0.4 is 0 Å². The van der Waals surface area contributed by atoms with Gasteiger partial charge in [0.05, 0.1) is 11.5 Å². The fraction of sp³-hybridized carbons (Fsp3) is 0.950. The molecule has 4 aliphatic rings. The summed E-state index contributed by atoms with van der Waals surface area (Å²) in [5, 5.41) is 21.1. The van der Waals surface area contributed by atoms with E-state index >= 15 is 0 Å². The van der Waals surface area contributed by atoms with E-state index in [1.54, 1.807) is 0 Å². The summed E-state index contributed by atoms with van der Waals surface area (Å²) in [6.45, 7) is 8.59. The van der Waals surface area contributed by atoms with Gasteiger partial charge in [0.25, 0.3) is 0 Å². The third-order valence-electron chi connectivity index (χ3n) is 8.71. The summed E-state index contributed by atoms with van der Waals surface area (Å²) < 4.78 is 6.51. The number of aliphatic hydroxyl groups is 1. The van der Waals surface area contributed by atoms with Crippen LogP contribution in [0.1, 0.15) is 72.6 Å². The van der Waals surface area contributed by atoms with E-state index in [0.717, 1.165) is 44.9 Å². The molecule has 4 nitrogen and oxygen atoms in total. The maximum absolute atomic E-state index is 12.1. The van der Waals surface area contributed by atoms with Crippen molar-refractivity contribution in [2.45, 2.75) is 89.9 Å². The molecule has 24 heavy (non-hydrogen) atoms. The van der Waals surface area contributed by atoms with Gasteiger partial charge in [0.15, 0.2) is 0 Å². The summed E-state index contributed by atoms with van der Waals surface area (Å²) in [7, 11) is 0. The number of carboxylic acid groups (broad SMARTS) is 1. The van der Waals surface area contributed by atoms with Gasteiger partial charge in [-0.05, 0) is 63.2 Å². The van der Waals surface area contributed by atoms with Gasteiger partial charge in [-0.3, -0.25) is 4.79 Å². The minimum Gasteiger partial charge on any atom is -0.481 e. The van der Waals surface area contributed by atoms with Crippen molar-refractivity contribution in [3.63, 3.8) is 0 Å². The van der Waals surface area contributed by atoms with Gasteiger partial charge in [0.1, 0.15) is 11.2 Å². The second kappa shape index (κ2) is 4.76. The van der Waals surface area contributed by atoms with Crippen molar-refractivity contribution in [3.8, 4) is 0 Å². The van der Waals surface area contributed by atoms with E-state index in [-0.39, 0.29) is 16.9 Å². The van der Waals surface area contributed by atoms with Crippen LogP contribution in [-0.4, -0.2) is 33.5 Å². The summed E-state index contributed by atoms with van der Waals surface area (Å²) >= 11 is 0. The summed E-state index contributed by atoms with van der Waals surface area (Å²) in [6.07, 6.45) is 6.00. The van der Waals surface area contributed by atoms with E-state index in [1.807, 2.05) is 6.92 Å². The van der Waals surface area contributed by atoms with Crippen LogP contribution in [0.15, 0.2) is 0 Å². The van der Waals surface area contributed by atoms with E-state index in [9.17, 15) is 15.0 Å². The lowest BCUT2D eigenvalue weighted by atomic mass is 9.43. The summed E-state index contributed by atoms with van der Waals surface area (Å²) in [6, 6.07) is 0. The average molecular weight is 336 g/mol. The lowest BCUT2D eigenvalue weighted by Crippen LogP contribution is -2.63. The predicted octanol–water partition coefficient (Wildman–Crippen LogP) is 3.61. The molecule has 0 unspecified atom stereocenters. The van der Waals surface area contributed by atoms with Crippen molar-refractivity contribution in [2.75, 3.05) is 0 Å². The molecule has 0 aromatic heterocycles. The molecule has 1 saturated heterocycles. The Labute approximate surface area is 145 Å². The number of rotatable bonds is 2. The van der Waals surface area contributed by atoms with Gasteiger partial charge in [0, 0.05) is 5.41 Å². The molecular formula is C20H32O4. The minimum atomic E-state index is -0.653. The molecule has 1 heterocycles. The number of epoxide rings is 1. The molecule has 4 fully saturated rings. The van der Waals surface area contributed by atoms with E-state index in [4.69, 9.17) is 4.74 Å². The molecule has 4 rings (SSSR count). The van der Waals surface area contributed by atoms with Crippen LogP contribution in [0.5, 0.6) is 0 Å². The standard InChI is InChI=1S/C20H32O4/c1-12(2)13-6-11-20-18(4)9-5-8-17(3,16(22)23)14(18)7-10-19(20,24-20)15(13)21/h12-15,21H,5-11H2,1-4H3,(H,22,23)/t13-,14-,15-,17+,18-,19-,20-/m0/s1. The van der Waals surface area contributed by atoms with Crippen LogP contribution in [-0.2, 0) is 9.53 Å². The zero-order valence-electron chi connectivity index (χ0n) is 15.5. The molecule has 2 N–H and O–H groups in total. The molecule has 136 valence electrons. The Bertz CT molecular complexity index is 574. The van der Waals surface area contributed by atoms with E-state index in [2.05, 4.69) is 20.8 Å². The number of hydrogen-bond donors (Lipinski definition) is 2. The summed E-state index contributed by atoms with van der Waals surface area (Å²) in [5.41, 5.74) is -1.47. The van der Waals surface area contributed by atoms with Crippen molar-refractivity contribution >= 4 is 5.97 Å². The Balaban J connectivity index is 1.73. The van der Waals surface area contributed by atoms with Crippen molar-refractivity contribution in [3.05, 3.63) is 0 Å². The number of fused-ring (bicyclic) bond motifs is 1. The highest BCUT2D eigenvalue weighted by atomic mass is 16.6. The largest absolute Gasteiger partial charge is 0.481 e. The molecule has 0 spiro atoms. The maximum atomic E-state index is 12.1. The topological polar surface area (TPSA) is 70.1 Å². The quantitative estimate of drug-likeness (QED) is 0.756. The van der Waals surface area contributed by atoms with Gasteiger partial charge in [-0.2, -0.15) is 0 Å². The fourth-order valence-electron chi connectivity index (χ4n) is 7.31. The monoisotopic (exact) mass is 336 g/mol. The Hall–Kier alpha value is -0.610. The molecule has 0 bridgehead atoms. The van der Waals surface area contributed by atoms with E-state index in [1.165, 1.54) is 0 Å². The number of carbonyl (C=O) groups is 1. The summed E-state index contributed by atoms with van der Waals surface area (Å²) in [4.78, 5) is 12.1. The molecular weight excluding hydrogens is 304 g/mol. The van der Waals surface area contributed by atoms with Crippen LogP contribution >= 0.6 is 0 Å². The van der Waals surface area contributed by atoms with Crippen molar-refractivity contribution < 1.29 is 19.7 Å². The fourth-order valence-corrected chi connectivity index (χ4v) is 7.31. The number of aliphatic carboxylic acids is 1. The van der Waals surface area contributed by atoms with Crippen LogP contribution in [0.3, 0.4) is 0 Å². The van der Waals surface area contributed by atoms with Crippen LogP contribution in [0, 0.1) is 28.6 Å². The molecule has 0 amide bonds. The highest BCUT2D eigenvalue weighted by molar-refractivity contribution is 5.75. The lowest BCUT2D eigenvalue weighted by Gasteiger charge is -2.58. The SMILES string of the molecule is CC(C)[C@@H]1CC[C@@]23O[C@@]2(CC[C@H]2[C@](C)(C(=O)O)CCC[C@@]23C)[C@H]1O.